The first kappa shape index (κ1) is 59.1. The van der Waals surface area contributed by atoms with Gasteiger partial charge in [0, 0.05) is 41.0 Å². The number of quaternary nitrogens is 1. The molecule has 17 nitrogen and oxygen atoms in total. The first-order valence-electron chi connectivity index (χ1n) is 25.2. The zero-order valence-corrected chi connectivity index (χ0v) is 46.4. The molecule has 0 heterocycles. The summed E-state index contributed by atoms with van der Waals surface area (Å²) in [5.74, 6) is 3.04. The van der Waals surface area contributed by atoms with Crippen molar-refractivity contribution in [2.45, 2.75) is 19.3 Å². The number of nitrogens with one attached hydrogen (secondary N) is 2. The second-order valence-corrected chi connectivity index (χ2v) is 21.1. The van der Waals surface area contributed by atoms with E-state index in [4.69, 9.17) is 53.8 Å². The van der Waals surface area contributed by atoms with Gasteiger partial charge in [-0.15, -0.1) is 0 Å². The number of benzene rings is 7. The Hall–Kier alpha value is -7.57. The molecule has 0 aliphatic heterocycles. The second kappa shape index (κ2) is 27.8. The van der Waals surface area contributed by atoms with Crippen molar-refractivity contribution >= 4 is 47.9 Å². The Bertz CT molecular complexity index is 3150. The number of nitrogens with zero attached hydrogens (tertiary/aromatic N) is 1. The van der Waals surface area contributed by atoms with Crippen molar-refractivity contribution in [3.8, 4) is 46.0 Å². The molecule has 79 heavy (non-hydrogen) atoms. The number of carbonyl (C=O) groups excluding carboxylic acids is 3. The fourth-order valence-electron chi connectivity index (χ4n) is 7.50. The number of amides is 1. The average Bonchev–Trinajstić information content (AvgIpc) is 3.47. The molecule has 0 saturated heterocycles. The summed E-state index contributed by atoms with van der Waals surface area (Å²) < 4.78 is 62.9. The Kier molecular flexibility index (Phi) is 20.8. The Morgan fingerprint density at radius 3 is 1.35 bits per heavy atom. The van der Waals surface area contributed by atoms with Crippen molar-refractivity contribution in [1.82, 2.24) is 0 Å². The smallest absolute Gasteiger partial charge is 0.338 e. The molecule has 1 unspecified atom stereocenters. The summed E-state index contributed by atoms with van der Waals surface area (Å²) in [6.45, 7) is 4.95. The quantitative estimate of drug-likeness (QED) is 0.0147. The van der Waals surface area contributed by atoms with Gasteiger partial charge in [0.2, 0.25) is 0 Å². The second-order valence-electron chi connectivity index (χ2n) is 19.3. The van der Waals surface area contributed by atoms with Crippen LogP contribution in [0.4, 0.5) is 11.4 Å². The molecule has 0 bridgehead atoms. The van der Waals surface area contributed by atoms with Gasteiger partial charge in [-0.1, -0.05) is 38.1 Å². The Morgan fingerprint density at radius 2 is 0.899 bits per heavy atom. The lowest BCUT2D eigenvalue weighted by Crippen LogP contribution is -2.37. The van der Waals surface area contributed by atoms with Crippen LogP contribution in [0.5, 0.6) is 46.0 Å². The fraction of sp³-hybridized carbons (Fsp3) is 0.250. The van der Waals surface area contributed by atoms with E-state index in [1.807, 2.05) is 88.9 Å². The molecule has 0 aliphatic rings. The zero-order valence-electron chi connectivity index (χ0n) is 44.7. The number of rotatable bonds is 29. The van der Waals surface area contributed by atoms with Crippen molar-refractivity contribution in [1.29, 1.82) is 0 Å². The Balaban J connectivity index is 0.873. The van der Waals surface area contributed by atoms with Gasteiger partial charge in [0.25, 0.3) is 19.0 Å². The number of hydrogen-bond donors (Lipinski definition) is 2. The van der Waals surface area contributed by atoms with Crippen LogP contribution in [0.15, 0.2) is 164 Å². The average molecular weight is 1120 g/mol. The Labute approximate surface area is 465 Å². The van der Waals surface area contributed by atoms with Gasteiger partial charge in [0.05, 0.1) is 59.7 Å². The molecule has 0 aliphatic carbocycles. The molecule has 19 heteroatoms. The van der Waals surface area contributed by atoms with E-state index in [9.17, 15) is 23.8 Å². The lowest BCUT2D eigenvalue weighted by molar-refractivity contribution is -0.870. The fourth-order valence-corrected chi connectivity index (χ4v) is 8.30. The minimum absolute atomic E-state index is 0.0105. The minimum atomic E-state index is -4.43. The number of anilines is 2. The highest BCUT2D eigenvalue weighted by Gasteiger charge is 2.24. The first-order chi connectivity index (χ1) is 37.8. The zero-order chi connectivity index (χ0) is 56.4. The monoisotopic (exact) mass is 1120 g/mol. The van der Waals surface area contributed by atoms with Gasteiger partial charge in [0.15, 0.2) is 0 Å². The van der Waals surface area contributed by atoms with Gasteiger partial charge in [-0.25, -0.2) is 4.79 Å². The number of esters is 1. The Morgan fingerprint density at radius 1 is 0.506 bits per heavy atom. The van der Waals surface area contributed by atoms with Gasteiger partial charge >= 0.3 is 5.97 Å². The summed E-state index contributed by atoms with van der Waals surface area (Å²) in [6.07, 6.45) is 0. The third kappa shape index (κ3) is 18.8. The van der Waals surface area contributed by atoms with E-state index in [1.165, 1.54) is 6.07 Å². The van der Waals surface area contributed by atoms with Crippen molar-refractivity contribution in [2.24, 2.45) is 0 Å². The third-order valence-electron chi connectivity index (χ3n) is 12.0. The number of ether oxygens (including phenoxy) is 7. The number of phosphoric ester groups is 1. The van der Waals surface area contributed by atoms with E-state index < -0.39 is 19.0 Å². The number of likely N-dealkylation sites (N-methyl/N-ethyl adjacent to an activating group) is 1. The molecule has 414 valence electrons. The standard InChI is InChI=1S/C60H63ClN3O14P/c1-60(2,45-11-23-51(24-12-45)75-49-19-7-42(8-20-49)57(61)65)46-13-25-52(26-14-46)76-50-21-9-43(10-22-50)58(66)63-48-17-29-54(30-18-48)78-56-40-44(39-55(41-56)77-53-27-15-47(62-3)16-28-53)59(67)72-37-35-70-33-34-71-36-38-74-79(68,69)73-32-31-64(4,5)6/h7-30,39-41,62H,31-38H2,1-6H3,(H-,63,66,68,69). The van der Waals surface area contributed by atoms with Crippen LogP contribution in [0.3, 0.4) is 0 Å². The molecule has 0 radical (unpaired) electrons. The van der Waals surface area contributed by atoms with Gasteiger partial charge in [0.1, 0.15) is 65.8 Å². The van der Waals surface area contributed by atoms with Gasteiger partial charge in [-0.05, 0) is 156 Å². The first-order valence-corrected chi connectivity index (χ1v) is 27.0. The molecule has 0 fully saturated rings. The van der Waals surface area contributed by atoms with Crippen LogP contribution in [-0.2, 0) is 33.2 Å². The predicted molar refractivity (Wildman–Crippen MR) is 300 cm³/mol. The third-order valence-corrected chi connectivity index (χ3v) is 13.2. The summed E-state index contributed by atoms with van der Waals surface area (Å²) in [7, 11) is 3.15. The number of phosphoric acid groups is 1. The van der Waals surface area contributed by atoms with Gasteiger partial charge < -0.3 is 62.2 Å². The number of halogens is 1. The van der Waals surface area contributed by atoms with Crippen LogP contribution in [-0.4, -0.2) is 103 Å². The van der Waals surface area contributed by atoms with Crippen LogP contribution >= 0.6 is 19.4 Å². The molecule has 0 spiro atoms. The summed E-state index contributed by atoms with van der Waals surface area (Å²) in [5.41, 5.74) is 4.24. The molecule has 2 N–H and O–H groups in total. The largest absolute Gasteiger partial charge is 0.756 e. The molecular formula is C60H63ClN3O14P. The van der Waals surface area contributed by atoms with E-state index in [-0.39, 0.29) is 63.1 Å². The molecule has 1 atom stereocenters. The molecule has 7 rings (SSSR count). The maximum Gasteiger partial charge on any atom is 0.338 e. The van der Waals surface area contributed by atoms with E-state index >= 15 is 0 Å². The number of hydrogen-bond acceptors (Lipinski definition) is 15. The van der Waals surface area contributed by atoms with Gasteiger partial charge in [-0.2, -0.15) is 0 Å². The molecule has 0 saturated carbocycles. The van der Waals surface area contributed by atoms with Crippen LogP contribution in [0.1, 0.15) is 56.0 Å². The van der Waals surface area contributed by atoms with E-state index in [2.05, 4.69) is 24.5 Å². The van der Waals surface area contributed by atoms with Crippen LogP contribution < -0.4 is 34.5 Å². The summed E-state index contributed by atoms with van der Waals surface area (Å²) in [6, 6.07) is 48.0. The van der Waals surface area contributed by atoms with Crippen LogP contribution in [0.2, 0.25) is 0 Å². The summed E-state index contributed by atoms with van der Waals surface area (Å²) in [5, 5.41) is 5.45. The maximum absolute atomic E-state index is 13.3. The minimum Gasteiger partial charge on any atom is -0.756 e. The van der Waals surface area contributed by atoms with Crippen LogP contribution in [0, 0.1) is 0 Å². The number of carbonyl (C=O) groups is 3. The molecule has 1 amide bonds. The topological polar surface area (TPSA) is 198 Å². The van der Waals surface area contributed by atoms with Crippen molar-refractivity contribution in [3.05, 3.63) is 192 Å². The molecule has 7 aromatic carbocycles. The van der Waals surface area contributed by atoms with E-state index in [1.54, 1.807) is 97.1 Å². The van der Waals surface area contributed by atoms with Gasteiger partial charge in [-0.3, -0.25) is 14.2 Å². The van der Waals surface area contributed by atoms with E-state index in [0.29, 0.717) is 73.8 Å². The SMILES string of the molecule is CNc1ccc(Oc2cc(Oc3ccc(NC(=O)c4ccc(Oc5ccc(C(C)(C)c6ccc(Oc7ccc(C(=O)Cl)cc7)cc6)cc5)cc4)cc3)cc(C(=O)OCCOCCOCCOP(=O)([O-])OCC[N+](C)(C)C)c2)cc1. The molecular weight excluding hydrogens is 1050 g/mol. The van der Waals surface area contributed by atoms with E-state index in [0.717, 1.165) is 16.8 Å². The van der Waals surface area contributed by atoms with Crippen LogP contribution in [0.25, 0.3) is 0 Å². The van der Waals surface area contributed by atoms with Crippen molar-refractivity contribution in [2.75, 3.05) is 91.6 Å². The summed E-state index contributed by atoms with van der Waals surface area (Å²) in [4.78, 5) is 49.9. The maximum atomic E-state index is 13.3. The highest BCUT2D eigenvalue weighted by atomic mass is 35.5. The highest BCUT2D eigenvalue weighted by Crippen LogP contribution is 2.38. The van der Waals surface area contributed by atoms with Crippen molar-refractivity contribution < 1.29 is 70.5 Å². The summed E-state index contributed by atoms with van der Waals surface area (Å²) >= 11 is 5.56. The predicted octanol–water partition coefficient (Wildman–Crippen LogP) is 12.3. The highest BCUT2D eigenvalue weighted by molar-refractivity contribution is 7.45. The molecule has 7 aromatic rings. The lowest BCUT2D eigenvalue weighted by atomic mass is 9.78. The normalized spacial score (nSPS) is 12.2. The lowest BCUT2D eigenvalue weighted by Gasteiger charge is -2.27. The van der Waals surface area contributed by atoms with Crippen molar-refractivity contribution in [3.63, 3.8) is 0 Å². The molecule has 0 aromatic heterocycles.